The monoisotopic (exact) mass is 493 g/mol. The van der Waals surface area contributed by atoms with Crippen molar-refractivity contribution in [3.8, 4) is 11.5 Å². The maximum absolute atomic E-state index is 13.7. The van der Waals surface area contributed by atoms with Crippen molar-refractivity contribution in [1.29, 1.82) is 0 Å². The number of ether oxygens (including phenoxy) is 2. The maximum atomic E-state index is 13.7. The summed E-state index contributed by atoms with van der Waals surface area (Å²) >= 11 is 0. The Kier molecular flexibility index (Phi) is 8.03. The van der Waals surface area contributed by atoms with Crippen LogP contribution in [-0.4, -0.2) is 52.9 Å². The molecule has 1 aliphatic rings. The lowest BCUT2D eigenvalue weighted by molar-refractivity contribution is -0.137. The van der Waals surface area contributed by atoms with Crippen molar-refractivity contribution < 1.29 is 24.2 Å². The van der Waals surface area contributed by atoms with Crippen LogP contribution in [0.4, 0.5) is 10.5 Å². The van der Waals surface area contributed by atoms with Crippen molar-refractivity contribution in [1.82, 2.24) is 9.47 Å². The zero-order valence-corrected chi connectivity index (χ0v) is 21.3. The average Bonchev–Trinajstić information content (AvgIpc) is 3.27. The average molecular weight is 494 g/mol. The standard InChI is InChI=1S/C28H35N3O5/c1-4-5-6-16-36-26-17-22(10-11-25(26)35-3)30-15-12-20(2)31(28(30)34)18-21-8-7-9-24-23(21)13-14-29(24)19-27(32)33/h7-11,13-14,17,20H,4-6,12,15-16,18-19H2,1-3H3,(H,32,33)/t20-/m0/s1. The summed E-state index contributed by atoms with van der Waals surface area (Å²) in [7, 11) is 1.62. The summed E-state index contributed by atoms with van der Waals surface area (Å²) in [6.07, 6.45) is 5.81. The Balaban J connectivity index is 1.56. The number of aliphatic carboxylic acids is 1. The van der Waals surface area contributed by atoms with Crippen LogP contribution in [0.3, 0.4) is 0 Å². The summed E-state index contributed by atoms with van der Waals surface area (Å²) in [5.74, 6) is 0.415. The number of hydrogen-bond acceptors (Lipinski definition) is 4. The Morgan fingerprint density at radius 3 is 2.72 bits per heavy atom. The normalized spacial score (nSPS) is 16.0. The molecule has 2 heterocycles. The highest BCUT2D eigenvalue weighted by Crippen LogP contribution is 2.34. The number of aromatic nitrogens is 1. The number of anilines is 1. The Labute approximate surface area is 212 Å². The molecule has 1 N–H and O–H groups in total. The Bertz CT molecular complexity index is 1220. The first-order valence-electron chi connectivity index (χ1n) is 12.6. The molecule has 2 aromatic carbocycles. The molecule has 0 saturated carbocycles. The molecule has 0 unspecified atom stereocenters. The van der Waals surface area contributed by atoms with Gasteiger partial charge in [-0.15, -0.1) is 0 Å². The number of carboxylic acid groups (broad SMARTS) is 1. The number of fused-ring (bicyclic) bond motifs is 1. The van der Waals surface area contributed by atoms with Crippen molar-refractivity contribution in [2.24, 2.45) is 0 Å². The molecule has 1 aliphatic heterocycles. The molecule has 1 fully saturated rings. The number of urea groups is 1. The van der Waals surface area contributed by atoms with Gasteiger partial charge in [0.15, 0.2) is 11.5 Å². The predicted octanol–water partition coefficient (Wildman–Crippen LogP) is 5.52. The van der Waals surface area contributed by atoms with Gasteiger partial charge in [-0.2, -0.15) is 0 Å². The number of hydrogen-bond donors (Lipinski definition) is 1. The van der Waals surface area contributed by atoms with E-state index < -0.39 is 5.97 Å². The highest BCUT2D eigenvalue weighted by atomic mass is 16.5. The molecular formula is C28H35N3O5. The Hall–Kier alpha value is -3.68. The van der Waals surface area contributed by atoms with Gasteiger partial charge < -0.3 is 24.0 Å². The molecule has 1 saturated heterocycles. The summed E-state index contributed by atoms with van der Waals surface area (Å²) in [6.45, 7) is 5.80. The van der Waals surface area contributed by atoms with Gasteiger partial charge in [-0.05, 0) is 49.6 Å². The number of carbonyl (C=O) groups is 2. The van der Waals surface area contributed by atoms with Crippen LogP contribution in [0.5, 0.6) is 11.5 Å². The summed E-state index contributed by atoms with van der Waals surface area (Å²) in [4.78, 5) is 28.6. The van der Waals surface area contributed by atoms with Crippen LogP contribution < -0.4 is 14.4 Å². The van der Waals surface area contributed by atoms with Gasteiger partial charge in [0.25, 0.3) is 0 Å². The van der Waals surface area contributed by atoms with Crippen LogP contribution in [0.25, 0.3) is 10.9 Å². The number of rotatable bonds is 11. The minimum Gasteiger partial charge on any atom is -0.493 e. The number of carbonyl (C=O) groups excluding carboxylic acids is 1. The van der Waals surface area contributed by atoms with Crippen molar-refractivity contribution in [2.75, 3.05) is 25.2 Å². The second-order valence-corrected chi connectivity index (χ2v) is 9.28. The molecule has 8 nitrogen and oxygen atoms in total. The molecule has 2 amide bonds. The SMILES string of the molecule is CCCCCOc1cc(N2CC[C@H](C)N(Cc3cccc4c3ccn4CC(=O)O)C2=O)ccc1OC. The third kappa shape index (κ3) is 5.42. The lowest BCUT2D eigenvalue weighted by Gasteiger charge is -2.40. The molecule has 192 valence electrons. The van der Waals surface area contributed by atoms with E-state index in [1.807, 2.05) is 47.4 Å². The quantitative estimate of drug-likeness (QED) is 0.355. The van der Waals surface area contributed by atoms with Crippen molar-refractivity contribution >= 4 is 28.6 Å². The van der Waals surface area contributed by atoms with Gasteiger partial charge in [0.1, 0.15) is 6.54 Å². The first kappa shape index (κ1) is 25.4. The van der Waals surface area contributed by atoms with Crippen LogP contribution >= 0.6 is 0 Å². The number of benzene rings is 2. The molecule has 0 radical (unpaired) electrons. The lowest BCUT2D eigenvalue weighted by atomic mass is 10.1. The largest absolute Gasteiger partial charge is 0.493 e. The van der Waals surface area contributed by atoms with E-state index in [1.54, 1.807) is 22.8 Å². The molecule has 36 heavy (non-hydrogen) atoms. The van der Waals surface area contributed by atoms with E-state index in [-0.39, 0.29) is 18.6 Å². The van der Waals surface area contributed by atoms with Crippen LogP contribution in [0.2, 0.25) is 0 Å². The molecule has 0 aliphatic carbocycles. The van der Waals surface area contributed by atoms with Gasteiger partial charge in [0, 0.05) is 48.0 Å². The minimum atomic E-state index is -0.887. The molecule has 8 heteroatoms. The fraction of sp³-hybridized carbons (Fsp3) is 0.429. The van der Waals surface area contributed by atoms with Gasteiger partial charge in [-0.1, -0.05) is 31.9 Å². The van der Waals surface area contributed by atoms with Gasteiger partial charge in [-0.25, -0.2) is 4.79 Å². The zero-order valence-electron chi connectivity index (χ0n) is 21.3. The maximum Gasteiger partial charge on any atom is 0.325 e. The topological polar surface area (TPSA) is 84.2 Å². The fourth-order valence-electron chi connectivity index (χ4n) is 4.75. The van der Waals surface area contributed by atoms with Crippen molar-refractivity contribution in [2.45, 2.75) is 58.7 Å². The van der Waals surface area contributed by atoms with Gasteiger partial charge in [0.2, 0.25) is 0 Å². The highest BCUT2D eigenvalue weighted by Gasteiger charge is 2.32. The summed E-state index contributed by atoms with van der Waals surface area (Å²) in [5, 5.41) is 10.2. The highest BCUT2D eigenvalue weighted by molar-refractivity contribution is 5.94. The van der Waals surface area contributed by atoms with Crippen LogP contribution in [-0.2, 0) is 17.9 Å². The van der Waals surface area contributed by atoms with E-state index in [2.05, 4.69) is 13.8 Å². The zero-order chi connectivity index (χ0) is 25.7. The molecular weight excluding hydrogens is 458 g/mol. The summed E-state index contributed by atoms with van der Waals surface area (Å²) in [6, 6.07) is 13.4. The molecule has 3 aromatic rings. The van der Waals surface area contributed by atoms with Gasteiger partial charge in [0.05, 0.1) is 13.7 Å². The number of methoxy groups -OCH3 is 1. The van der Waals surface area contributed by atoms with Crippen LogP contribution in [0.15, 0.2) is 48.7 Å². The van der Waals surface area contributed by atoms with Gasteiger partial charge >= 0.3 is 12.0 Å². The molecule has 0 bridgehead atoms. The Morgan fingerprint density at radius 2 is 1.97 bits per heavy atom. The van der Waals surface area contributed by atoms with E-state index in [4.69, 9.17) is 9.47 Å². The fourth-order valence-corrected chi connectivity index (χ4v) is 4.75. The van der Waals surface area contributed by atoms with Crippen molar-refractivity contribution in [3.63, 3.8) is 0 Å². The molecule has 0 spiro atoms. The molecule has 4 rings (SSSR count). The summed E-state index contributed by atoms with van der Waals surface area (Å²) < 4.78 is 13.2. The van der Waals surface area contributed by atoms with Gasteiger partial charge in [-0.3, -0.25) is 9.69 Å². The van der Waals surface area contributed by atoms with E-state index in [0.717, 1.165) is 47.8 Å². The van der Waals surface area contributed by atoms with Crippen LogP contribution in [0.1, 0.15) is 45.1 Å². The molecule has 1 atom stereocenters. The number of unbranched alkanes of at least 4 members (excludes halogenated alkanes) is 2. The minimum absolute atomic E-state index is 0.0576. The third-order valence-electron chi connectivity index (χ3n) is 6.79. The number of nitrogens with zero attached hydrogens (tertiary/aromatic N) is 3. The second kappa shape index (κ2) is 11.4. The smallest absolute Gasteiger partial charge is 0.325 e. The van der Waals surface area contributed by atoms with Crippen LogP contribution in [0, 0.1) is 0 Å². The predicted molar refractivity (Wildman–Crippen MR) is 140 cm³/mol. The van der Waals surface area contributed by atoms with E-state index in [9.17, 15) is 14.7 Å². The Morgan fingerprint density at radius 1 is 1.14 bits per heavy atom. The first-order valence-corrected chi connectivity index (χ1v) is 12.6. The number of carboxylic acids is 1. The van der Waals surface area contributed by atoms with E-state index in [0.29, 0.717) is 31.2 Å². The van der Waals surface area contributed by atoms with E-state index >= 15 is 0 Å². The molecule has 1 aromatic heterocycles. The first-order chi connectivity index (χ1) is 17.4. The van der Waals surface area contributed by atoms with Crippen molar-refractivity contribution in [3.05, 3.63) is 54.2 Å². The number of amides is 2. The third-order valence-corrected chi connectivity index (χ3v) is 6.79. The second-order valence-electron chi connectivity index (χ2n) is 9.28. The lowest BCUT2D eigenvalue weighted by Crippen LogP contribution is -2.53. The van der Waals surface area contributed by atoms with E-state index in [1.165, 1.54) is 0 Å². The summed E-state index contributed by atoms with van der Waals surface area (Å²) in [5.41, 5.74) is 2.63.